The van der Waals surface area contributed by atoms with Crippen molar-refractivity contribution in [1.29, 1.82) is 0 Å². The van der Waals surface area contributed by atoms with Crippen molar-refractivity contribution in [2.24, 2.45) is 0 Å². The summed E-state index contributed by atoms with van der Waals surface area (Å²) in [6, 6.07) is 3.03. The summed E-state index contributed by atoms with van der Waals surface area (Å²) in [5, 5.41) is 6.74. The van der Waals surface area contributed by atoms with Gasteiger partial charge in [-0.2, -0.15) is 22.9 Å². The molecule has 11 heteroatoms. The normalized spacial score (nSPS) is 15.0. The summed E-state index contributed by atoms with van der Waals surface area (Å²) in [5.74, 6) is 0.333. The van der Waals surface area contributed by atoms with Crippen LogP contribution in [0.1, 0.15) is 37.2 Å². The van der Waals surface area contributed by atoms with E-state index in [4.69, 9.17) is 4.52 Å². The first-order valence-corrected chi connectivity index (χ1v) is 9.21. The maximum Gasteiger partial charge on any atom is 0.417 e. The Labute approximate surface area is 149 Å². The lowest BCUT2D eigenvalue weighted by molar-refractivity contribution is -0.139. The molecule has 1 heterocycles. The molecule has 0 amide bonds. The number of nitrogens with zero attached hydrogens (tertiary/aromatic N) is 2. The molecule has 0 spiro atoms. The Morgan fingerprint density at radius 2 is 1.88 bits per heavy atom. The number of hydrogen-bond donors (Lipinski definition) is 2. The quantitative estimate of drug-likeness (QED) is 0.750. The molecule has 2 atom stereocenters. The molecule has 0 saturated carbocycles. The highest BCUT2D eigenvalue weighted by molar-refractivity contribution is 7.89. The second-order valence-electron chi connectivity index (χ2n) is 5.78. The summed E-state index contributed by atoms with van der Waals surface area (Å²) in [6.07, 6.45) is -4.34. The molecule has 2 N–H and O–H groups in total. The fourth-order valence-corrected chi connectivity index (χ4v) is 3.61. The Morgan fingerprint density at radius 3 is 2.50 bits per heavy atom. The zero-order valence-corrected chi connectivity index (χ0v) is 15.1. The van der Waals surface area contributed by atoms with Crippen LogP contribution in [0, 0.1) is 0 Å². The molecule has 1 aromatic carbocycles. The Bertz CT molecular complexity index is 852. The summed E-state index contributed by atoms with van der Waals surface area (Å²) in [6.45, 7) is 3.31. The molecule has 2 rings (SSSR count). The number of rotatable bonds is 7. The SMILES string of the molecule is CNC(C)Cc1noc(C(C)NS(=O)(=O)c2ccccc2C(F)(F)F)n1. The average Bonchev–Trinajstić information content (AvgIpc) is 3.02. The summed E-state index contributed by atoms with van der Waals surface area (Å²) in [7, 11) is -2.69. The molecular formula is C15H19F3N4O3S. The van der Waals surface area contributed by atoms with Crippen LogP contribution in [0.15, 0.2) is 33.7 Å². The summed E-state index contributed by atoms with van der Waals surface area (Å²) < 4.78 is 71.1. The zero-order valence-electron chi connectivity index (χ0n) is 14.3. The third-order valence-corrected chi connectivity index (χ3v) is 5.25. The lowest BCUT2D eigenvalue weighted by atomic mass is 10.2. The second-order valence-corrected chi connectivity index (χ2v) is 7.46. The first-order chi connectivity index (χ1) is 12.0. The van der Waals surface area contributed by atoms with E-state index in [1.165, 1.54) is 13.0 Å². The summed E-state index contributed by atoms with van der Waals surface area (Å²) >= 11 is 0. The van der Waals surface area contributed by atoms with Crippen molar-refractivity contribution in [1.82, 2.24) is 20.2 Å². The molecule has 2 aromatic rings. The molecule has 0 aliphatic heterocycles. The molecule has 0 radical (unpaired) electrons. The van der Waals surface area contributed by atoms with E-state index in [0.29, 0.717) is 18.3 Å². The van der Waals surface area contributed by atoms with Gasteiger partial charge in [-0.3, -0.25) is 0 Å². The Morgan fingerprint density at radius 1 is 1.23 bits per heavy atom. The van der Waals surface area contributed by atoms with Gasteiger partial charge in [0.2, 0.25) is 15.9 Å². The average molecular weight is 392 g/mol. The summed E-state index contributed by atoms with van der Waals surface area (Å²) in [5.41, 5.74) is -1.24. The minimum absolute atomic E-state index is 0.0311. The fourth-order valence-electron chi connectivity index (χ4n) is 2.18. The number of alkyl halides is 3. The van der Waals surface area contributed by atoms with E-state index in [-0.39, 0.29) is 11.9 Å². The molecule has 7 nitrogen and oxygen atoms in total. The standard InChI is InChI=1S/C15H19F3N4O3S/c1-9(19-3)8-13-20-14(25-21-13)10(2)22-26(23,24)12-7-5-4-6-11(12)15(16,17)18/h4-7,9-10,19,22H,8H2,1-3H3. The highest BCUT2D eigenvalue weighted by Gasteiger charge is 2.37. The molecule has 144 valence electrons. The van der Waals surface area contributed by atoms with E-state index in [0.717, 1.165) is 12.1 Å². The maximum atomic E-state index is 13.1. The fraction of sp³-hybridized carbons (Fsp3) is 0.467. The van der Waals surface area contributed by atoms with Crippen molar-refractivity contribution in [3.8, 4) is 0 Å². The van der Waals surface area contributed by atoms with Gasteiger partial charge in [-0.1, -0.05) is 17.3 Å². The van der Waals surface area contributed by atoms with Crippen LogP contribution in [0.2, 0.25) is 0 Å². The van der Waals surface area contributed by atoms with Crippen LogP contribution in [-0.2, 0) is 22.6 Å². The van der Waals surface area contributed by atoms with Gasteiger partial charge in [-0.05, 0) is 33.0 Å². The number of aromatic nitrogens is 2. The Kier molecular flexibility index (Phi) is 6.04. The Hall–Kier alpha value is -1.98. The van der Waals surface area contributed by atoms with Crippen molar-refractivity contribution in [2.45, 2.75) is 43.4 Å². The van der Waals surface area contributed by atoms with E-state index >= 15 is 0 Å². The van der Waals surface area contributed by atoms with Gasteiger partial charge in [0.05, 0.1) is 16.5 Å². The summed E-state index contributed by atoms with van der Waals surface area (Å²) in [4.78, 5) is 3.22. The van der Waals surface area contributed by atoms with Crippen molar-refractivity contribution in [3.63, 3.8) is 0 Å². The Balaban J connectivity index is 2.22. The molecule has 1 aromatic heterocycles. The van der Waals surface area contributed by atoms with Gasteiger partial charge in [-0.15, -0.1) is 0 Å². The van der Waals surface area contributed by atoms with E-state index in [9.17, 15) is 21.6 Å². The molecule has 0 fully saturated rings. The number of likely N-dealkylation sites (N-methyl/N-ethyl adjacent to an activating group) is 1. The van der Waals surface area contributed by atoms with Gasteiger partial charge in [0, 0.05) is 12.5 Å². The van der Waals surface area contributed by atoms with Crippen molar-refractivity contribution >= 4 is 10.0 Å². The molecule has 26 heavy (non-hydrogen) atoms. The van der Waals surface area contributed by atoms with Crippen LogP contribution in [0.5, 0.6) is 0 Å². The highest BCUT2D eigenvalue weighted by Crippen LogP contribution is 2.34. The van der Waals surface area contributed by atoms with Crippen LogP contribution in [0.25, 0.3) is 0 Å². The van der Waals surface area contributed by atoms with Gasteiger partial charge in [0.1, 0.15) is 0 Å². The van der Waals surface area contributed by atoms with E-state index in [1.54, 1.807) is 7.05 Å². The molecule has 0 aliphatic carbocycles. The predicted octanol–water partition coefficient (Wildman–Crippen LogP) is 2.28. The number of benzene rings is 1. The first-order valence-electron chi connectivity index (χ1n) is 7.73. The van der Waals surface area contributed by atoms with Crippen molar-refractivity contribution in [2.75, 3.05) is 7.05 Å². The van der Waals surface area contributed by atoms with Crippen LogP contribution in [0.3, 0.4) is 0 Å². The van der Waals surface area contributed by atoms with Gasteiger partial charge in [-0.25, -0.2) is 8.42 Å². The molecular weight excluding hydrogens is 373 g/mol. The highest BCUT2D eigenvalue weighted by atomic mass is 32.2. The third kappa shape index (κ3) is 4.80. The van der Waals surface area contributed by atoms with E-state index < -0.39 is 32.7 Å². The topological polar surface area (TPSA) is 97.1 Å². The monoisotopic (exact) mass is 392 g/mol. The molecule has 0 saturated heterocycles. The molecule has 0 bridgehead atoms. The molecule has 2 unspecified atom stereocenters. The van der Waals surface area contributed by atoms with E-state index in [2.05, 4.69) is 20.2 Å². The number of sulfonamides is 1. The van der Waals surface area contributed by atoms with Gasteiger partial charge in [0.15, 0.2) is 5.82 Å². The first kappa shape index (κ1) is 20.3. The minimum atomic E-state index is -4.80. The van der Waals surface area contributed by atoms with E-state index in [1.807, 2.05) is 6.92 Å². The number of nitrogens with one attached hydrogen (secondary N) is 2. The van der Waals surface area contributed by atoms with Crippen LogP contribution in [0.4, 0.5) is 13.2 Å². The minimum Gasteiger partial charge on any atom is -0.338 e. The van der Waals surface area contributed by atoms with Crippen LogP contribution >= 0.6 is 0 Å². The number of hydrogen-bond acceptors (Lipinski definition) is 6. The lowest BCUT2D eigenvalue weighted by Gasteiger charge is -2.15. The van der Waals surface area contributed by atoms with Crippen molar-refractivity contribution in [3.05, 3.63) is 41.5 Å². The maximum absolute atomic E-state index is 13.1. The van der Waals surface area contributed by atoms with Crippen molar-refractivity contribution < 1.29 is 26.1 Å². The predicted molar refractivity (Wildman–Crippen MR) is 86.7 cm³/mol. The third-order valence-electron chi connectivity index (χ3n) is 3.65. The van der Waals surface area contributed by atoms with Gasteiger partial charge in [0.25, 0.3) is 0 Å². The zero-order chi connectivity index (χ0) is 19.5. The number of halogens is 3. The van der Waals surface area contributed by atoms with Crippen LogP contribution < -0.4 is 10.0 Å². The van der Waals surface area contributed by atoms with Gasteiger partial charge < -0.3 is 9.84 Å². The van der Waals surface area contributed by atoms with Crippen LogP contribution in [-0.4, -0.2) is 31.6 Å². The smallest absolute Gasteiger partial charge is 0.338 e. The molecule has 0 aliphatic rings. The second kappa shape index (κ2) is 7.72. The lowest BCUT2D eigenvalue weighted by Crippen LogP contribution is -2.29. The van der Waals surface area contributed by atoms with Gasteiger partial charge >= 0.3 is 6.18 Å². The largest absolute Gasteiger partial charge is 0.417 e.